The van der Waals surface area contributed by atoms with Crippen LogP contribution in [-0.4, -0.2) is 18.4 Å². The van der Waals surface area contributed by atoms with E-state index in [1.807, 2.05) is 36.4 Å². The third kappa shape index (κ3) is 4.38. The summed E-state index contributed by atoms with van der Waals surface area (Å²) in [6.07, 6.45) is 1.16. The smallest absolute Gasteiger partial charge is 0.262 e. The normalized spacial score (nSPS) is 13.2. The minimum Gasteiger partial charge on any atom is -0.484 e. The highest BCUT2D eigenvalue weighted by Crippen LogP contribution is 2.25. The third-order valence-corrected chi connectivity index (χ3v) is 4.20. The summed E-state index contributed by atoms with van der Waals surface area (Å²) in [6.45, 7) is 4.22. The molecule has 1 heterocycles. The van der Waals surface area contributed by atoms with Crippen molar-refractivity contribution in [3.05, 3.63) is 53.6 Å². The van der Waals surface area contributed by atoms with E-state index in [1.165, 1.54) is 5.56 Å². The predicted octanol–water partition coefficient (Wildman–Crippen LogP) is 3.71. The number of ether oxygens (including phenoxy) is 1. The van der Waals surface area contributed by atoms with E-state index in [1.54, 1.807) is 6.07 Å². The van der Waals surface area contributed by atoms with E-state index >= 15 is 0 Å². The fourth-order valence-corrected chi connectivity index (χ4v) is 2.76. The van der Waals surface area contributed by atoms with E-state index in [4.69, 9.17) is 4.74 Å². The van der Waals surface area contributed by atoms with Gasteiger partial charge in [0.05, 0.1) is 0 Å². The quantitative estimate of drug-likeness (QED) is 0.873. The number of amides is 2. The molecule has 0 bridgehead atoms. The number of carbonyl (C=O) groups excluding carboxylic acids is 2. The SMILES string of the molecule is CC(C)c1ccc(OCC(=O)Nc2ccc3c(c2)CCC(=O)N3)cc1. The number of rotatable bonds is 5. The summed E-state index contributed by atoms with van der Waals surface area (Å²) in [6, 6.07) is 13.3. The Labute approximate surface area is 147 Å². The lowest BCUT2D eigenvalue weighted by Crippen LogP contribution is -2.21. The van der Waals surface area contributed by atoms with Crippen LogP contribution in [0.1, 0.15) is 37.3 Å². The molecule has 0 unspecified atom stereocenters. The zero-order valence-corrected chi connectivity index (χ0v) is 14.5. The molecule has 0 fully saturated rings. The van der Waals surface area contributed by atoms with Crippen LogP contribution < -0.4 is 15.4 Å². The summed E-state index contributed by atoms with van der Waals surface area (Å²) in [5.74, 6) is 0.952. The lowest BCUT2D eigenvalue weighted by Gasteiger charge is -2.17. The second-order valence-electron chi connectivity index (χ2n) is 6.48. The van der Waals surface area contributed by atoms with Crippen LogP contribution in [0, 0.1) is 0 Å². The Bertz CT molecular complexity index is 782. The van der Waals surface area contributed by atoms with Gasteiger partial charge in [-0.3, -0.25) is 9.59 Å². The van der Waals surface area contributed by atoms with Crippen LogP contribution in [0.4, 0.5) is 11.4 Å². The first-order chi connectivity index (χ1) is 12.0. The van der Waals surface area contributed by atoms with E-state index < -0.39 is 0 Å². The Morgan fingerprint density at radius 1 is 1.16 bits per heavy atom. The number of benzene rings is 2. The molecule has 0 saturated carbocycles. The molecule has 1 aliphatic heterocycles. The molecular formula is C20H22N2O3. The Balaban J connectivity index is 1.55. The Kier molecular flexibility index (Phi) is 5.03. The fraction of sp³-hybridized carbons (Fsp3) is 0.300. The number of hydrogen-bond donors (Lipinski definition) is 2. The summed E-state index contributed by atoms with van der Waals surface area (Å²) < 4.78 is 5.53. The molecule has 0 aromatic heterocycles. The summed E-state index contributed by atoms with van der Waals surface area (Å²) in [4.78, 5) is 23.4. The van der Waals surface area contributed by atoms with Crippen LogP contribution in [0.2, 0.25) is 0 Å². The summed E-state index contributed by atoms with van der Waals surface area (Å²) in [7, 11) is 0. The van der Waals surface area contributed by atoms with Gasteiger partial charge in [-0.1, -0.05) is 26.0 Å². The van der Waals surface area contributed by atoms with Crippen LogP contribution in [0.25, 0.3) is 0 Å². The van der Waals surface area contributed by atoms with E-state index in [0.717, 1.165) is 11.3 Å². The second kappa shape index (κ2) is 7.38. The summed E-state index contributed by atoms with van der Waals surface area (Å²) in [5, 5.41) is 5.65. The van der Waals surface area contributed by atoms with Crippen LogP contribution in [0.3, 0.4) is 0 Å². The number of anilines is 2. The van der Waals surface area contributed by atoms with Crippen molar-refractivity contribution in [3.8, 4) is 5.75 Å². The minimum atomic E-state index is -0.215. The molecular weight excluding hydrogens is 316 g/mol. The Hall–Kier alpha value is -2.82. The maximum Gasteiger partial charge on any atom is 0.262 e. The Morgan fingerprint density at radius 2 is 1.92 bits per heavy atom. The highest BCUT2D eigenvalue weighted by atomic mass is 16.5. The first-order valence-electron chi connectivity index (χ1n) is 8.46. The highest BCUT2D eigenvalue weighted by Gasteiger charge is 2.15. The molecule has 2 aromatic rings. The van der Waals surface area contributed by atoms with Gasteiger partial charge in [-0.05, 0) is 53.8 Å². The largest absolute Gasteiger partial charge is 0.484 e. The molecule has 1 aliphatic rings. The highest BCUT2D eigenvalue weighted by molar-refractivity contribution is 5.96. The van der Waals surface area contributed by atoms with E-state index in [9.17, 15) is 9.59 Å². The van der Waals surface area contributed by atoms with Crippen molar-refractivity contribution in [2.75, 3.05) is 17.2 Å². The van der Waals surface area contributed by atoms with Gasteiger partial charge in [0.2, 0.25) is 5.91 Å². The van der Waals surface area contributed by atoms with Gasteiger partial charge < -0.3 is 15.4 Å². The third-order valence-electron chi connectivity index (χ3n) is 4.20. The second-order valence-corrected chi connectivity index (χ2v) is 6.48. The van der Waals surface area contributed by atoms with Crippen LogP contribution in [0.5, 0.6) is 5.75 Å². The van der Waals surface area contributed by atoms with Crippen molar-refractivity contribution < 1.29 is 14.3 Å². The van der Waals surface area contributed by atoms with Crippen molar-refractivity contribution in [3.63, 3.8) is 0 Å². The number of fused-ring (bicyclic) bond motifs is 1. The molecule has 0 radical (unpaired) electrons. The first kappa shape index (κ1) is 17.0. The van der Waals surface area contributed by atoms with Gasteiger partial charge in [0.1, 0.15) is 5.75 Å². The van der Waals surface area contributed by atoms with E-state index in [-0.39, 0.29) is 18.4 Å². The van der Waals surface area contributed by atoms with Gasteiger partial charge in [-0.25, -0.2) is 0 Å². The standard InChI is InChI=1S/C20H22N2O3/c1-13(2)14-3-7-17(8-4-14)25-12-20(24)21-16-6-9-18-15(11-16)5-10-19(23)22-18/h3-4,6-9,11,13H,5,10,12H2,1-2H3,(H,21,24)(H,22,23). The van der Waals surface area contributed by atoms with Crippen molar-refractivity contribution in [2.45, 2.75) is 32.6 Å². The van der Waals surface area contributed by atoms with Gasteiger partial charge in [0.15, 0.2) is 6.61 Å². The van der Waals surface area contributed by atoms with Crippen molar-refractivity contribution >= 4 is 23.2 Å². The molecule has 2 amide bonds. The summed E-state index contributed by atoms with van der Waals surface area (Å²) in [5.41, 5.74) is 3.79. The molecule has 5 nitrogen and oxygen atoms in total. The minimum absolute atomic E-state index is 0.0289. The van der Waals surface area contributed by atoms with Gasteiger partial charge in [-0.2, -0.15) is 0 Å². The monoisotopic (exact) mass is 338 g/mol. The molecule has 130 valence electrons. The van der Waals surface area contributed by atoms with Gasteiger partial charge in [0.25, 0.3) is 5.91 Å². The zero-order valence-electron chi connectivity index (χ0n) is 14.5. The number of carbonyl (C=O) groups is 2. The molecule has 2 N–H and O–H groups in total. The van der Waals surface area contributed by atoms with Crippen molar-refractivity contribution in [2.24, 2.45) is 0 Å². The topological polar surface area (TPSA) is 67.4 Å². The van der Waals surface area contributed by atoms with Gasteiger partial charge in [0, 0.05) is 17.8 Å². The van der Waals surface area contributed by atoms with Crippen molar-refractivity contribution in [1.29, 1.82) is 0 Å². The van der Waals surface area contributed by atoms with Gasteiger partial charge >= 0.3 is 0 Å². The maximum atomic E-state index is 12.1. The predicted molar refractivity (Wildman–Crippen MR) is 98.0 cm³/mol. The fourth-order valence-electron chi connectivity index (χ4n) is 2.76. The molecule has 0 atom stereocenters. The zero-order chi connectivity index (χ0) is 17.8. The molecule has 5 heteroatoms. The first-order valence-corrected chi connectivity index (χ1v) is 8.46. The lowest BCUT2D eigenvalue weighted by molar-refractivity contribution is -0.118. The molecule has 25 heavy (non-hydrogen) atoms. The van der Waals surface area contributed by atoms with Crippen LogP contribution in [0.15, 0.2) is 42.5 Å². The molecule has 0 aliphatic carbocycles. The van der Waals surface area contributed by atoms with E-state index in [0.29, 0.717) is 30.2 Å². The van der Waals surface area contributed by atoms with E-state index in [2.05, 4.69) is 24.5 Å². The molecule has 0 spiro atoms. The number of hydrogen-bond acceptors (Lipinski definition) is 3. The summed E-state index contributed by atoms with van der Waals surface area (Å²) >= 11 is 0. The number of nitrogens with one attached hydrogen (secondary N) is 2. The van der Waals surface area contributed by atoms with Crippen LogP contribution in [-0.2, 0) is 16.0 Å². The average molecular weight is 338 g/mol. The molecule has 3 rings (SSSR count). The van der Waals surface area contributed by atoms with Crippen molar-refractivity contribution in [1.82, 2.24) is 0 Å². The van der Waals surface area contributed by atoms with Gasteiger partial charge in [-0.15, -0.1) is 0 Å². The van der Waals surface area contributed by atoms with Crippen LogP contribution >= 0.6 is 0 Å². The lowest BCUT2D eigenvalue weighted by atomic mass is 10.0. The number of aryl methyl sites for hydroxylation is 1. The molecule has 2 aromatic carbocycles. The Morgan fingerprint density at radius 3 is 2.64 bits per heavy atom. The maximum absolute atomic E-state index is 12.1. The average Bonchev–Trinajstić information content (AvgIpc) is 2.60. The molecule has 0 saturated heterocycles.